The van der Waals surface area contributed by atoms with Crippen molar-refractivity contribution in [1.29, 1.82) is 0 Å². The Bertz CT molecular complexity index is 688. The number of rotatable bonds is 3. The van der Waals surface area contributed by atoms with Crippen LogP contribution in [0.4, 0.5) is 0 Å². The molecule has 0 bridgehead atoms. The fraction of sp³-hybridized carbons (Fsp3) is 0.500. The summed E-state index contributed by atoms with van der Waals surface area (Å²) in [6.07, 6.45) is 6.04. The summed E-state index contributed by atoms with van der Waals surface area (Å²) in [5, 5.41) is 4.18. The van der Waals surface area contributed by atoms with Crippen molar-refractivity contribution in [3.63, 3.8) is 0 Å². The Hall–Kier alpha value is -1.52. The fourth-order valence-corrected chi connectivity index (χ4v) is 3.19. The van der Waals surface area contributed by atoms with Crippen molar-refractivity contribution in [1.82, 2.24) is 5.32 Å². The van der Waals surface area contributed by atoms with Gasteiger partial charge in [0.2, 0.25) is 5.91 Å². The molecule has 0 radical (unpaired) electrons. The second-order valence-electron chi connectivity index (χ2n) is 6.55. The van der Waals surface area contributed by atoms with E-state index in [1.54, 1.807) is 6.26 Å². The third-order valence-corrected chi connectivity index (χ3v) is 4.76. The van der Waals surface area contributed by atoms with Crippen LogP contribution in [0.3, 0.4) is 0 Å². The standard InChI is InChI=1S/C18H24N2O2.ClH/c1-11-7-16-13(10-22-17(16)8-12(11)2)9-18(21)20-15-5-3-14(19)4-6-15;/h7-8,10,14-15H,3-6,9,19H2,1-2H3,(H,20,21);1H. The SMILES string of the molecule is Cc1cc2occ(CC(=O)NC3CCC(N)CC3)c2cc1C.Cl. The number of carbonyl (C=O) groups excluding carboxylic acids is 1. The molecular formula is C18H25ClN2O2. The number of nitrogens with one attached hydrogen (secondary N) is 1. The minimum atomic E-state index is 0. The highest BCUT2D eigenvalue weighted by Gasteiger charge is 2.20. The largest absolute Gasteiger partial charge is 0.464 e. The van der Waals surface area contributed by atoms with Crippen LogP contribution in [-0.2, 0) is 11.2 Å². The van der Waals surface area contributed by atoms with E-state index in [1.807, 2.05) is 6.07 Å². The molecule has 0 atom stereocenters. The van der Waals surface area contributed by atoms with Crippen LogP contribution >= 0.6 is 12.4 Å². The van der Waals surface area contributed by atoms with E-state index < -0.39 is 0 Å². The molecule has 5 heteroatoms. The highest BCUT2D eigenvalue weighted by Crippen LogP contribution is 2.25. The molecule has 4 nitrogen and oxygen atoms in total. The maximum absolute atomic E-state index is 12.3. The van der Waals surface area contributed by atoms with Crippen molar-refractivity contribution in [3.8, 4) is 0 Å². The second-order valence-corrected chi connectivity index (χ2v) is 6.55. The van der Waals surface area contributed by atoms with Crippen LogP contribution in [0, 0.1) is 13.8 Å². The van der Waals surface area contributed by atoms with E-state index in [1.165, 1.54) is 11.1 Å². The first-order valence-corrected chi connectivity index (χ1v) is 8.05. The first-order chi connectivity index (χ1) is 10.5. The quantitative estimate of drug-likeness (QED) is 0.902. The van der Waals surface area contributed by atoms with Gasteiger partial charge in [-0.3, -0.25) is 4.79 Å². The lowest BCUT2D eigenvalue weighted by Crippen LogP contribution is -2.41. The lowest BCUT2D eigenvalue weighted by atomic mass is 9.91. The van der Waals surface area contributed by atoms with Gasteiger partial charge in [0.1, 0.15) is 5.58 Å². The lowest BCUT2D eigenvalue weighted by Gasteiger charge is -2.26. The molecule has 1 aromatic heterocycles. The minimum Gasteiger partial charge on any atom is -0.464 e. The molecule has 1 aliphatic rings. The van der Waals surface area contributed by atoms with Crippen molar-refractivity contribution in [3.05, 3.63) is 35.1 Å². The molecule has 0 unspecified atom stereocenters. The normalized spacial score (nSPS) is 21.0. The van der Waals surface area contributed by atoms with E-state index in [4.69, 9.17) is 10.2 Å². The zero-order valence-electron chi connectivity index (χ0n) is 13.7. The van der Waals surface area contributed by atoms with Crippen molar-refractivity contribution in [2.45, 2.75) is 58.0 Å². The number of nitrogens with two attached hydrogens (primary N) is 1. The predicted molar refractivity (Wildman–Crippen MR) is 95.0 cm³/mol. The van der Waals surface area contributed by atoms with Gasteiger partial charge in [-0.25, -0.2) is 0 Å². The van der Waals surface area contributed by atoms with Gasteiger partial charge in [0.25, 0.3) is 0 Å². The Balaban J connectivity index is 0.00000192. The molecule has 1 amide bonds. The summed E-state index contributed by atoms with van der Waals surface area (Å²) in [6.45, 7) is 4.15. The highest BCUT2D eigenvalue weighted by molar-refractivity contribution is 5.88. The summed E-state index contributed by atoms with van der Waals surface area (Å²) in [5.41, 5.74) is 10.1. The maximum Gasteiger partial charge on any atom is 0.224 e. The van der Waals surface area contributed by atoms with Crippen LogP contribution in [0.1, 0.15) is 42.4 Å². The van der Waals surface area contributed by atoms with Gasteiger partial charge in [0.15, 0.2) is 0 Å². The summed E-state index contributed by atoms with van der Waals surface area (Å²) in [5.74, 6) is 0.0707. The van der Waals surface area contributed by atoms with Crippen LogP contribution in [0.2, 0.25) is 0 Å². The van der Waals surface area contributed by atoms with Gasteiger partial charge in [0, 0.05) is 23.0 Å². The van der Waals surface area contributed by atoms with Crippen LogP contribution < -0.4 is 11.1 Å². The number of amides is 1. The van der Waals surface area contributed by atoms with E-state index in [2.05, 4.69) is 25.2 Å². The fourth-order valence-electron chi connectivity index (χ4n) is 3.19. The lowest BCUT2D eigenvalue weighted by molar-refractivity contribution is -0.121. The predicted octanol–water partition coefficient (Wildman–Crippen LogP) is 3.40. The van der Waals surface area contributed by atoms with Gasteiger partial charge < -0.3 is 15.5 Å². The van der Waals surface area contributed by atoms with Crippen molar-refractivity contribution in [2.24, 2.45) is 5.73 Å². The molecule has 126 valence electrons. The molecule has 1 aromatic carbocycles. The molecule has 1 aliphatic carbocycles. The average molecular weight is 337 g/mol. The highest BCUT2D eigenvalue weighted by atomic mass is 35.5. The van der Waals surface area contributed by atoms with Gasteiger partial charge in [0.05, 0.1) is 12.7 Å². The van der Waals surface area contributed by atoms with Crippen molar-refractivity contribution < 1.29 is 9.21 Å². The maximum atomic E-state index is 12.3. The third-order valence-electron chi connectivity index (χ3n) is 4.76. The summed E-state index contributed by atoms with van der Waals surface area (Å²) in [6, 6.07) is 4.72. The Kier molecular flexibility index (Phi) is 5.71. The van der Waals surface area contributed by atoms with E-state index in [0.29, 0.717) is 12.5 Å². The number of hydrogen-bond donors (Lipinski definition) is 2. The number of benzene rings is 1. The minimum absolute atomic E-state index is 0. The Labute approximate surface area is 143 Å². The monoisotopic (exact) mass is 336 g/mol. The Morgan fingerprint density at radius 3 is 2.57 bits per heavy atom. The van der Waals surface area contributed by atoms with Crippen LogP contribution in [0.5, 0.6) is 0 Å². The first-order valence-electron chi connectivity index (χ1n) is 8.05. The molecule has 1 heterocycles. The van der Waals surface area contributed by atoms with Gasteiger partial charge in [-0.1, -0.05) is 0 Å². The number of hydrogen-bond acceptors (Lipinski definition) is 3. The van der Waals surface area contributed by atoms with Crippen LogP contribution in [-0.4, -0.2) is 18.0 Å². The molecule has 3 rings (SSSR count). The van der Waals surface area contributed by atoms with Gasteiger partial charge in [-0.05, 0) is 62.8 Å². The average Bonchev–Trinajstić information content (AvgIpc) is 2.84. The molecule has 2 aromatic rings. The van der Waals surface area contributed by atoms with Crippen molar-refractivity contribution >= 4 is 29.3 Å². The number of carbonyl (C=O) groups is 1. The van der Waals surface area contributed by atoms with E-state index in [9.17, 15) is 4.79 Å². The molecule has 0 aliphatic heterocycles. The summed E-state index contributed by atoms with van der Waals surface area (Å²) >= 11 is 0. The zero-order chi connectivity index (χ0) is 15.7. The molecule has 3 N–H and O–H groups in total. The number of aryl methyl sites for hydroxylation is 2. The summed E-state index contributed by atoms with van der Waals surface area (Å²) < 4.78 is 5.59. The summed E-state index contributed by atoms with van der Waals surface area (Å²) in [4.78, 5) is 12.3. The van der Waals surface area contributed by atoms with E-state index in [0.717, 1.165) is 42.2 Å². The second kappa shape index (κ2) is 7.37. The Morgan fingerprint density at radius 1 is 1.22 bits per heavy atom. The summed E-state index contributed by atoms with van der Waals surface area (Å²) in [7, 11) is 0. The molecule has 0 saturated heterocycles. The zero-order valence-corrected chi connectivity index (χ0v) is 14.5. The Morgan fingerprint density at radius 2 is 1.87 bits per heavy atom. The molecular weight excluding hydrogens is 312 g/mol. The molecule has 23 heavy (non-hydrogen) atoms. The number of fused-ring (bicyclic) bond motifs is 1. The van der Waals surface area contributed by atoms with Crippen molar-refractivity contribution in [2.75, 3.05) is 0 Å². The topological polar surface area (TPSA) is 68.3 Å². The van der Waals surface area contributed by atoms with Gasteiger partial charge in [-0.15, -0.1) is 12.4 Å². The molecule has 0 spiro atoms. The number of halogens is 1. The van der Waals surface area contributed by atoms with E-state index in [-0.39, 0.29) is 24.4 Å². The number of furan rings is 1. The molecule has 1 fully saturated rings. The molecule has 1 saturated carbocycles. The van der Waals surface area contributed by atoms with Crippen LogP contribution in [0.15, 0.2) is 22.8 Å². The van der Waals surface area contributed by atoms with Crippen LogP contribution in [0.25, 0.3) is 11.0 Å². The van der Waals surface area contributed by atoms with Gasteiger partial charge in [-0.2, -0.15) is 0 Å². The van der Waals surface area contributed by atoms with Gasteiger partial charge >= 0.3 is 0 Å². The smallest absolute Gasteiger partial charge is 0.224 e. The van der Waals surface area contributed by atoms with E-state index >= 15 is 0 Å². The third kappa shape index (κ3) is 4.06. The first kappa shape index (κ1) is 17.8.